The summed E-state index contributed by atoms with van der Waals surface area (Å²) in [6.45, 7) is 5.85. The highest BCUT2D eigenvalue weighted by Gasteiger charge is 2.20. The molecular weight excluding hydrogens is 414 g/mol. The molecule has 164 valence electrons. The van der Waals surface area contributed by atoms with Gasteiger partial charge in [0, 0.05) is 22.4 Å². The Labute approximate surface area is 190 Å². The van der Waals surface area contributed by atoms with Crippen LogP contribution < -0.4 is 10.7 Å². The molecule has 0 unspecified atom stereocenters. The molecule has 0 aliphatic rings. The Bertz CT molecular complexity index is 1490. The monoisotopic (exact) mass is 437 g/mol. The molecule has 0 saturated carbocycles. The molecule has 2 heterocycles. The third-order valence-corrected chi connectivity index (χ3v) is 5.78. The van der Waals surface area contributed by atoms with Gasteiger partial charge in [0.25, 0.3) is 0 Å². The van der Waals surface area contributed by atoms with Crippen molar-refractivity contribution in [1.82, 2.24) is 10.2 Å². The topological polar surface area (TPSA) is 81.2 Å². The zero-order valence-electron chi connectivity index (χ0n) is 18.6. The molecule has 0 aliphatic heterocycles. The maximum Gasteiger partial charge on any atom is 0.249 e. The molecule has 0 radical (unpaired) electrons. The quantitative estimate of drug-likeness (QED) is 0.347. The summed E-state index contributed by atoms with van der Waals surface area (Å²) in [6, 6.07) is 21.3. The van der Waals surface area contributed by atoms with Crippen LogP contribution in [0.5, 0.6) is 0 Å². The molecule has 6 heteroatoms. The minimum absolute atomic E-state index is 0.0153. The highest BCUT2D eigenvalue weighted by molar-refractivity contribution is 5.85. The van der Waals surface area contributed by atoms with E-state index in [0.29, 0.717) is 28.2 Å². The van der Waals surface area contributed by atoms with E-state index in [1.807, 2.05) is 81.4 Å². The van der Waals surface area contributed by atoms with Crippen molar-refractivity contribution in [3.05, 3.63) is 100 Å². The molecule has 0 spiro atoms. The molecule has 1 atom stereocenters. The van der Waals surface area contributed by atoms with Gasteiger partial charge in [0.2, 0.25) is 12.3 Å². The fraction of sp³-hybridized carbons (Fsp3) is 0.148. The fourth-order valence-corrected chi connectivity index (χ4v) is 4.15. The Morgan fingerprint density at radius 1 is 0.970 bits per heavy atom. The highest BCUT2D eigenvalue weighted by Crippen LogP contribution is 2.34. The molecule has 0 amide bonds. The van der Waals surface area contributed by atoms with E-state index in [4.69, 9.17) is 8.83 Å². The summed E-state index contributed by atoms with van der Waals surface area (Å²) in [4.78, 5) is 13.3. The van der Waals surface area contributed by atoms with Gasteiger partial charge in [-0.15, -0.1) is 10.2 Å². The Kier molecular flexibility index (Phi) is 5.26. The smallest absolute Gasteiger partial charge is 0.249 e. The Morgan fingerprint density at radius 3 is 2.48 bits per heavy atom. The molecule has 2 aromatic heterocycles. The van der Waals surface area contributed by atoms with Crippen LogP contribution in [0.4, 0.5) is 5.69 Å². The first-order valence-corrected chi connectivity index (χ1v) is 10.8. The number of rotatable bonds is 5. The predicted molar refractivity (Wildman–Crippen MR) is 129 cm³/mol. The Morgan fingerprint density at radius 2 is 1.73 bits per heavy atom. The van der Waals surface area contributed by atoms with Crippen LogP contribution in [-0.4, -0.2) is 10.2 Å². The molecule has 33 heavy (non-hydrogen) atoms. The zero-order chi connectivity index (χ0) is 22.9. The predicted octanol–water partition coefficient (Wildman–Crippen LogP) is 6.30. The van der Waals surface area contributed by atoms with Crippen molar-refractivity contribution in [3.63, 3.8) is 0 Å². The molecular formula is C27H23N3O3. The van der Waals surface area contributed by atoms with Gasteiger partial charge >= 0.3 is 0 Å². The van der Waals surface area contributed by atoms with E-state index >= 15 is 0 Å². The lowest BCUT2D eigenvalue weighted by Crippen LogP contribution is -2.12. The van der Waals surface area contributed by atoms with Crippen molar-refractivity contribution in [2.45, 2.75) is 26.8 Å². The largest absolute Gasteiger partial charge is 0.455 e. The minimum Gasteiger partial charge on any atom is -0.455 e. The van der Waals surface area contributed by atoms with E-state index < -0.39 is 0 Å². The number of nitrogens with zero attached hydrogens (tertiary/aromatic N) is 2. The van der Waals surface area contributed by atoms with E-state index in [1.165, 1.54) is 6.39 Å². The van der Waals surface area contributed by atoms with Crippen LogP contribution in [0.1, 0.15) is 29.7 Å². The number of para-hydroxylation sites is 1. The van der Waals surface area contributed by atoms with Crippen LogP contribution in [0.15, 0.2) is 86.8 Å². The number of aryl methyl sites for hydroxylation is 1. The summed E-state index contributed by atoms with van der Waals surface area (Å²) in [7, 11) is 0. The van der Waals surface area contributed by atoms with Crippen molar-refractivity contribution >= 4 is 16.7 Å². The van der Waals surface area contributed by atoms with Crippen molar-refractivity contribution in [2.24, 2.45) is 0 Å². The lowest BCUT2D eigenvalue weighted by Gasteiger charge is -2.20. The van der Waals surface area contributed by atoms with Gasteiger partial charge in [0.1, 0.15) is 11.3 Å². The van der Waals surface area contributed by atoms with Crippen LogP contribution in [0, 0.1) is 13.8 Å². The van der Waals surface area contributed by atoms with Gasteiger partial charge in [-0.25, -0.2) is 0 Å². The van der Waals surface area contributed by atoms with Gasteiger partial charge in [-0.2, -0.15) is 0 Å². The van der Waals surface area contributed by atoms with Crippen LogP contribution in [0.2, 0.25) is 0 Å². The van der Waals surface area contributed by atoms with E-state index in [-0.39, 0.29) is 11.5 Å². The molecule has 1 N–H and O–H groups in total. The molecule has 0 fully saturated rings. The molecule has 0 saturated heterocycles. The number of fused-ring (bicyclic) bond motifs is 1. The molecule has 0 bridgehead atoms. The Balaban J connectivity index is 1.64. The maximum atomic E-state index is 13.3. The van der Waals surface area contributed by atoms with E-state index in [2.05, 4.69) is 21.6 Å². The average Bonchev–Trinajstić information content (AvgIpc) is 3.37. The van der Waals surface area contributed by atoms with E-state index in [1.54, 1.807) is 0 Å². The molecule has 3 aromatic carbocycles. The summed E-state index contributed by atoms with van der Waals surface area (Å²) < 4.78 is 11.8. The van der Waals surface area contributed by atoms with E-state index in [0.717, 1.165) is 27.9 Å². The summed E-state index contributed by atoms with van der Waals surface area (Å²) >= 11 is 0. The van der Waals surface area contributed by atoms with Gasteiger partial charge in [0.15, 0.2) is 5.43 Å². The summed E-state index contributed by atoms with van der Waals surface area (Å²) in [5, 5.41) is 12.0. The molecule has 5 rings (SSSR count). The third kappa shape index (κ3) is 3.80. The zero-order valence-corrected chi connectivity index (χ0v) is 18.6. The summed E-state index contributed by atoms with van der Waals surface area (Å²) in [5.74, 6) is 1.03. The lowest BCUT2D eigenvalue weighted by molar-refractivity contribution is 0.568. The number of anilines is 1. The third-order valence-electron chi connectivity index (χ3n) is 5.78. The first-order valence-electron chi connectivity index (χ1n) is 10.8. The second-order valence-corrected chi connectivity index (χ2v) is 8.14. The number of nitrogens with one attached hydrogen (secondary N) is 1. The van der Waals surface area contributed by atoms with Crippen molar-refractivity contribution in [2.75, 3.05) is 5.32 Å². The highest BCUT2D eigenvalue weighted by atomic mass is 16.4. The van der Waals surface area contributed by atoms with Gasteiger partial charge in [-0.3, -0.25) is 4.79 Å². The normalized spacial score (nSPS) is 12.1. The van der Waals surface area contributed by atoms with Gasteiger partial charge in [-0.1, -0.05) is 48.5 Å². The van der Waals surface area contributed by atoms with Gasteiger partial charge < -0.3 is 14.2 Å². The van der Waals surface area contributed by atoms with Crippen LogP contribution in [0.3, 0.4) is 0 Å². The molecule has 5 aromatic rings. The number of aromatic nitrogens is 2. The summed E-state index contributed by atoms with van der Waals surface area (Å²) in [6.07, 6.45) is 1.31. The van der Waals surface area contributed by atoms with Crippen LogP contribution in [-0.2, 0) is 0 Å². The van der Waals surface area contributed by atoms with Crippen LogP contribution >= 0.6 is 0 Å². The number of hydrogen-bond donors (Lipinski definition) is 1. The average molecular weight is 437 g/mol. The SMILES string of the molecule is Cc1cc([C@@H](C)Nc2ccccc2-c2nnco2)c2oc(-c3ccccc3)c(C)c(=O)c2c1. The first-order chi connectivity index (χ1) is 16.0. The minimum atomic E-state index is -0.161. The fourth-order valence-electron chi connectivity index (χ4n) is 4.15. The van der Waals surface area contributed by atoms with Crippen molar-refractivity contribution in [1.29, 1.82) is 0 Å². The maximum absolute atomic E-state index is 13.3. The lowest BCUT2D eigenvalue weighted by atomic mass is 9.98. The second kappa shape index (κ2) is 8.39. The second-order valence-electron chi connectivity index (χ2n) is 8.14. The Hall–Kier alpha value is -4.19. The van der Waals surface area contributed by atoms with Crippen LogP contribution in [0.25, 0.3) is 33.7 Å². The van der Waals surface area contributed by atoms with Crippen molar-refractivity contribution in [3.8, 4) is 22.8 Å². The summed E-state index contributed by atoms with van der Waals surface area (Å²) in [5.41, 5.74) is 5.61. The van der Waals surface area contributed by atoms with Gasteiger partial charge in [0.05, 0.1) is 17.0 Å². The van der Waals surface area contributed by atoms with Gasteiger partial charge in [-0.05, 0) is 44.5 Å². The molecule has 6 nitrogen and oxygen atoms in total. The standard InChI is InChI=1S/C27H23N3O3/c1-16-13-21(18(3)29-23-12-8-7-11-20(23)27-30-28-15-32-27)26-22(14-16)24(31)17(2)25(33-26)19-9-5-4-6-10-19/h4-15,18,29H,1-3H3/t18-/m1/s1. The number of benzene rings is 3. The van der Waals surface area contributed by atoms with E-state index in [9.17, 15) is 4.79 Å². The molecule has 0 aliphatic carbocycles. The number of hydrogen-bond acceptors (Lipinski definition) is 6. The first kappa shape index (κ1) is 20.7. The van der Waals surface area contributed by atoms with Crippen molar-refractivity contribution < 1.29 is 8.83 Å².